The van der Waals surface area contributed by atoms with Gasteiger partial charge in [-0.05, 0) is 38.1 Å². The zero-order valence-corrected chi connectivity index (χ0v) is 12.8. The molecule has 23 heavy (non-hydrogen) atoms. The van der Waals surface area contributed by atoms with Crippen molar-refractivity contribution in [3.63, 3.8) is 0 Å². The summed E-state index contributed by atoms with van der Waals surface area (Å²) < 4.78 is 5.54. The first kappa shape index (κ1) is 15.1. The summed E-state index contributed by atoms with van der Waals surface area (Å²) in [5.41, 5.74) is 0.839. The average Bonchev–Trinajstić information content (AvgIpc) is 2.56. The van der Waals surface area contributed by atoms with Crippen LogP contribution in [-0.4, -0.2) is 25.3 Å². The van der Waals surface area contributed by atoms with E-state index in [1.807, 2.05) is 30.3 Å². The van der Waals surface area contributed by atoms with Gasteiger partial charge in [-0.1, -0.05) is 18.2 Å². The number of ether oxygens (including phenoxy) is 1. The summed E-state index contributed by atoms with van der Waals surface area (Å²) in [7, 11) is 0. The Hall–Kier alpha value is -2.86. The second kappa shape index (κ2) is 6.10. The minimum Gasteiger partial charge on any atom is -0.424 e. The Morgan fingerprint density at radius 3 is 2.17 bits per heavy atom. The van der Waals surface area contributed by atoms with Crippen LogP contribution in [0.15, 0.2) is 54.9 Å². The molecule has 3 aromatic rings. The van der Waals surface area contributed by atoms with Gasteiger partial charge in [-0.25, -0.2) is 9.97 Å². The number of hydrogen-bond donors (Lipinski definition) is 1. The van der Waals surface area contributed by atoms with Gasteiger partial charge in [0.15, 0.2) is 0 Å². The number of aromatic nitrogens is 4. The second-order valence-electron chi connectivity index (χ2n) is 5.53. The minimum absolute atomic E-state index is 0.265. The second-order valence-corrected chi connectivity index (χ2v) is 5.53. The Labute approximate surface area is 133 Å². The SMILES string of the molecule is CC(C)(O)c1ccc(-c2cnc(Oc3ccccc3)nc2)nn1. The fourth-order valence-electron chi connectivity index (χ4n) is 1.91. The molecule has 6 heteroatoms. The van der Waals surface area contributed by atoms with Crippen LogP contribution < -0.4 is 4.74 Å². The lowest BCUT2D eigenvalue weighted by atomic mass is 10.1. The Morgan fingerprint density at radius 1 is 0.913 bits per heavy atom. The number of aliphatic hydroxyl groups is 1. The predicted molar refractivity (Wildman–Crippen MR) is 84.8 cm³/mol. The van der Waals surface area contributed by atoms with E-state index >= 15 is 0 Å². The Bertz CT molecular complexity index is 766. The third-order valence-corrected chi connectivity index (χ3v) is 3.17. The van der Waals surface area contributed by atoms with Crippen molar-refractivity contribution in [1.82, 2.24) is 20.2 Å². The number of hydrogen-bond acceptors (Lipinski definition) is 6. The van der Waals surface area contributed by atoms with E-state index in [2.05, 4.69) is 20.2 Å². The first-order valence-corrected chi connectivity index (χ1v) is 7.14. The van der Waals surface area contributed by atoms with Crippen LogP contribution in [0.4, 0.5) is 0 Å². The van der Waals surface area contributed by atoms with Crippen LogP contribution in [0.25, 0.3) is 11.3 Å². The number of nitrogens with zero attached hydrogens (tertiary/aromatic N) is 4. The summed E-state index contributed by atoms with van der Waals surface area (Å²) in [6, 6.07) is 13.1. The molecule has 2 heterocycles. The van der Waals surface area contributed by atoms with Crippen molar-refractivity contribution in [2.75, 3.05) is 0 Å². The highest BCUT2D eigenvalue weighted by Gasteiger charge is 2.18. The number of rotatable bonds is 4. The standard InChI is InChI=1S/C17H16N4O2/c1-17(2,22)15-9-8-14(20-21-15)12-10-18-16(19-11-12)23-13-6-4-3-5-7-13/h3-11,22H,1-2H3. The van der Waals surface area contributed by atoms with E-state index in [1.54, 1.807) is 38.4 Å². The Kier molecular flexibility index (Phi) is 3.99. The maximum Gasteiger partial charge on any atom is 0.321 e. The third kappa shape index (κ3) is 3.67. The molecule has 0 atom stereocenters. The summed E-state index contributed by atoms with van der Waals surface area (Å²) in [6.45, 7) is 3.32. The Balaban J connectivity index is 1.77. The lowest BCUT2D eigenvalue weighted by Crippen LogP contribution is -2.18. The van der Waals surface area contributed by atoms with Gasteiger partial charge in [-0.15, -0.1) is 0 Å². The van der Waals surface area contributed by atoms with E-state index in [0.717, 1.165) is 5.56 Å². The molecule has 0 saturated heterocycles. The van der Waals surface area contributed by atoms with Crippen molar-refractivity contribution in [1.29, 1.82) is 0 Å². The molecular weight excluding hydrogens is 292 g/mol. The van der Waals surface area contributed by atoms with Crippen molar-refractivity contribution >= 4 is 0 Å². The molecule has 0 radical (unpaired) electrons. The Morgan fingerprint density at radius 2 is 1.61 bits per heavy atom. The highest BCUT2D eigenvalue weighted by atomic mass is 16.5. The number of benzene rings is 1. The van der Waals surface area contributed by atoms with Gasteiger partial charge in [0.25, 0.3) is 0 Å². The molecule has 0 fully saturated rings. The van der Waals surface area contributed by atoms with Crippen LogP contribution in [-0.2, 0) is 5.60 Å². The third-order valence-electron chi connectivity index (χ3n) is 3.17. The summed E-state index contributed by atoms with van der Waals surface area (Å²) in [6.07, 6.45) is 3.25. The lowest BCUT2D eigenvalue weighted by molar-refractivity contribution is 0.0729. The lowest BCUT2D eigenvalue weighted by Gasteiger charge is -2.15. The monoisotopic (exact) mass is 308 g/mol. The average molecular weight is 308 g/mol. The normalized spacial score (nSPS) is 11.3. The van der Waals surface area contributed by atoms with Crippen LogP contribution >= 0.6 is 0 Å². The molecule has 0 bridgehead atoms. The van der Waals surface area contributed by atoms with Gasteiger partial charge in [-0.3, -0.25) is 0 Å². The highest BCUT2D eigenvalue weighted by molar-refractivity contribution is 5.56. The summed E-state index contributed by atoms with van der Waals surface area (Å²) in [4.78, 5) is 8.34. The van der Waals surface area contributed by atoms with Gasteiger partial charge < -0.3 is 9.84 Å². The largest absolute Gasteiger partial charge is 0.424 e. The molecule has 2 aromatic heterocycles. The van der Waals surface area contributed by atoms with Crippen LogP contribution in [0.1, 0.15) is 19.5 Å². The number of para-hydroxylation sites is 1. The van der Waals surface area contributed by atoms with Crippen LogP contribution in [0.5, 0.6) is 11.8 Å². The highest BCUT2D eigenvalue weighted by Crippen LogP contribution is 2.21. The molecule has 6 nitrogen and oxygen atoms in total. The molecule has 0 unspecified atom stereocenters. The molecule has 0 aliphatic heterocycles. The van der Waals surface area contributed by atoms with Crippen LogP contribution in [0.2, 0.25) is 0 Å². The first-order chi connectivity index (χ1) is 11.0. The molecule has 0 amide bonds. The van der Waals surface area contributed by atoms with Gasteiger partial charge in [0.05, 0.1) is 11.4 Å². The molecule has 0 aliphatic rings. The van der Waals surface area contributed by atoms with E-state index in [0.29, 0.717) is 17.1 Å². The van der Waals surface area contributed by atoms with E-state index < -0.39 is 5.60 Å². The fourth-order valence-corrected chi connectivity index (χ4v) is 1.91. The zero-order chi connectivity index (χ0) is 16.3. The molecule has 1 aromatic carbocycles. The molecule has 0 saturated carbocycles. The summed E-state index contributed by atoms with van der Waals surface area (Å²) >= 11 is 0. The van der Waals surface area contributed by atoms with Gasteiger partial charge in [-0.2, -0.15) is 10.2 Å². The maximum atomic E-state index is 9.88. The molecule has 116 valence electrons. The molecule has 1 N–H and O–H groups in total. The van der Waals surface area contributed by atoms with Gasteiger partial charge in [0.2, 0.25) is 0 Å². The van der Waals surface area contributed by atoms with Crippen LogP contribution in [0, 0.1) is 0 Å². The molecule has 0 aliphatic carbocycles. The molecule has 0 spiro atoms. The van der Waals surface area contributed by atoms with Crippen molar-refractivity contribution in [3.05, 3.63) is 60.6 Å². The minimum atomic E-state index is -1.02. The molecular formula is C17H16N4O2. The van der Waals surface area contributed by atoms with Crippen molar-refractivity contribution in [2.24, 2.45) is 0 Å². The molecule has 3 rings (SSSR count). The maximum absolute atomic E-state index is 9.88. The smallest absolute Gasteiger partial charge is 0.321 e. The predicted octanol–water partition coefficient (Wildman–Crippen LogP) is 2.95. The fraction of sp³-hybridized carbons (Fsp3) is 0.176. The summed E-state index contributed by atoms with van der Waals surface area (Å²) in [5.74, 6) is 0.676. The van der Waals surface area contributed by atoms with Crippen molar-refractivity contribution in [2.45, 2.75) is 19.4 Å². The van der Waals surface area contributed by atoms with Crippen molar-refractivity contribution in [3.8, 4) is 23.0 Å². The van der Waals surface area contributed by atoms with Gasteiger partial charge in [0, 0.05) is 18.0 Å². The summed E-state index contributed by atoms with van der Waals surface area (Å²) in [5, 5.41) is 18.0. The topological polar surface area (TPSA) is 81.0 Å². The van der Waals surface area contributed by atoms with Gasteiger partial charge >= 0.3 is 6.01 Å². The quantitative estimate of drug-likeness (QED) is 0.798. The van der Waals surface area contributed by atoms with Crippen LogP contribution in [0.3, 0.4) is 0 Å². The van der Waals surface area contributed by atoms with E-state index in [9.17, 15) is 5.11 Å². The van der Waals surface area contributed by atoms with E-state index in [1.165, 1.54) is 0 Å². The van der Waals surface area contributed by atoms with E-state index in [4.69, 9.17) is 4.74 Å². The zero-order valence-electron chi connectivity index (χ0n) is 12.8. The van der Waals surface area contributed by atoms with Gasteiger partial charge in [0.1, 0.15) is 11.4 Å². The van der Waals surface area contributed by atoms with E-state index in [-0.39, 0.29) is 6.01 Å². The van der Waals surface area contributed by atoms with Crippen molar-refractivity contribution < 1.29 is 9.84 Å². The first-order valence-electron chi connectivity index (χ1n) is 7.14.